The Kier molecular flexibility index (Phi) is 11.3. The second kappa shape index (κ2) is 13.8. The molecule has 14 heteroatoms. The van der Waals surface area contributed by atoms with Gasteiger partial charge in [0.15, 0.2) is 6.29 Å². The van der Waals surface area contributed by atoms with Crippen molar-refractivity contribution in [1.29, 1.82) is 0 Å². The van der Waals surface area contributed by atoms with Gasteiger partial charge in [-0.25, -0.2) is 0 Å². The van der Waals surface area contributed by atoms with Gasteiger partial charge in [-0.15, -0.1) is 0 Å². The van der Waals surface area contributed by atoms with Crippen molar-refractivity contribution < 1.29 is 39.4 Å². The van der Waals surface area contributed by atoms with Gasteiger partial charge in [0.25, 0.3) is 0 Å². The molecule has 1 amide bonds. The monoisotopic (exact) mass is 546 g/mol. The van der Waals surface area contributed by atoms with E-state index >= 15 is 0 Å². The number of likely N-dealkylation sites (N-methyl/N-ethyl adjacent to an activating group) is 1. The van der Waals surface area contributed by atoms with E-state index in [2.05, 4.69) is 16.0 Å². The number of aliphatic hydroxyl groups is 4. The molecule has 0 bridgehead atoms. The summed E-state index contributed by atoms with van der Waals surface area (Å²) in [5, 5.41) is 51.1. The van der Waals surface area contributed by atoms with Crippen LogP contribution in [0.2, 0.25) is 0 Å². The fourth-order valence-electron chi connectivity index (χ4n) is 5.65. The summed E-state index contributed by atoms with van der Waals surface area (Å²) in [6.45, 7) is 2.41. The van der Waals surface area contributed by atoms with Crippen molar-refractivity contribution in [3.63, 3.8) is 0 Å². The average Bonchev–Trinajstić information content (AvgIpc) is 2.87. The summed E-state index contributed by atoms with van der Waals surface area (Å²) in [6.07, 6.45) is -2.06. The number of carbonyl (C=O) groups is 1. The van der Waals surface area contributed by atoms with E-state index in [4.69, 9.17) is 31.4 Å². The molecule has 13 N–H and O–H groups in total. The van der Waals surface area contributed by atoms with Crippen molar-refractivity contribution in [3.8, 4) is 0 Å². The van der Waals surface area contributed by atoms with Gasteiger partial charge in [0, 0.05) is 18.0 Å². The molecular formula is C24H46N6O8. The summed E-state index contributed by atoms with van der Waals surface area (Å²) in [5.41, 5.74) is 17.1. The molecule has 1 saturated carbocycles. The summed E-state index contributed by atoms with van der Waals surface area (Å²) < 4.78 is 17.9. The van der Waals surface area contributed by atoms with Crippen LogP contribution in [0.25, 0.3) is 0 Å². The zero-order valence-electron chi connectivity index (χ0n) is 22.2. The first kappa shape index (κ1) is 31.1. The van der Waals surface area contributed by atoms with Gasteiger partial charge in [0.2, 0.25) is 5.91 Å². The van der Waals surface area contributed by atoms with Crippen LogP contribution in [0.1, 0.15) is 26.2 Å². The molecule has 14 nitrogen and oxygen atoms in total. The van der Waals surface area contributed by atoms with Crippen molar-refractivity contribution in [2.24, 2.45) is 23.1 Å². The Morgan fingerprint density at radius 2 is 2.00 bits per heavy atom. The molecule has 0 aromatic carbocycles. The summed E-state index contributed by atoms with van der Waals surface area (Å²) in [5.74, 6) is -0.651. The van der Waals surface area contributed by atoms with Crippen LogP contribution < -0.4 is 33.2 Å². The van der Waals surface area contributed by atoms with Gasteiger partial charge in [-0.3, -0.25) is 4.79 Å². The molecule has 2 heterocycles. The lowest BCUT2D eigenvalue weighted by Crippen LogP contribution is -2.69. The lowest BCUT2D eigenvalue weighted by Gasteiger charge is -2.50. The highest BCUT2D eigenvalue weighted by Gasteiger charge is 2.53. The van der Waals surface area contributed by atoms with E-state index in [9.17, 15) is 25.2 Å². The number of nitrogens with one attached hydrogen (secondary N) is 3. The molecule has 0 aromatic heterocycles. The van der Waals surface area contributed by atoms with E-state index in [-0.39, 0.29) is 13.0 Å². The minimum Gasteiger partial charge on any atom is -0.492 e. The maximum Gasteiger partial charge on any atom is 0.246 e. The number of ether oxygens (including phenoxy) is 3. The Morgan fingerprint density at radius 3 is 2.66 bits per heavy atom. The number of aliphatic hydroxyl groups excluding tert-OH is 3. The van der Waals surface area contributed by atoms with E-state index in [1.165, 1.54) is 6.92 Å². The topological polar surface area (TPSA) is 240 Å². The van der Waals surface area contributed by atoms with Crippen LogP contribution in [-0.4, -0.2) is 127 Å². The van der Waals surface area contributed by atoms with Crippen LogP contribution in [0.3, 0.4) is 0 Å². The maximum atomic E-state index is 12.1. The average molecular weight is 547 g/mol. The Bertz CT molecular complexity index is 804. The van der Waals surface area contributed by atoms with Gasteiger partial charge in [-0.2, -0.15) is 0 Å². The lowest BCUT2D eigenvalue weighted by atomic mass is 9.72. The zero-order valence-corrected chi connectivity index (χ0v) is 22.2. The Hall–Kier alpha value is -1.43. The summed E-state index contributed by atoms with van der Waals surface area (Å²) >= 11 is 0. The van der Waals surface area contributed by atoms with E-state index in [1.54, 1.807) is 7.05 Å². The SMILES string of the molecule is CN[C@@H]1[C@@H](O)[C@@H](O[C@H]2[C@H](NC(=O)CO)C[C@H](N)C([C@H]3OC(CNCCCN)=CC[C@H]3N)[C@@H]2O)OC[C@]1(C)O. The molecule has 1 unspecified atom stereocenters. The van der Waals surface area contributed by atoms with Crippen LogP contribution in [0.15, 0.2) is 11.8 Å². The number of carbonyl (C=O) groups excluding carboxylic acids is 1. The third-order valence-corrected chi connectivity index (χ3v) is 7.63. The van der Waals surface area contributed by atoms with Crippen LogP contribution in [0.5, 0.6) is 0 Å². The number of amides is 1. The highest BCUT2D eigenvalue weighted by molar-refractivity contribution is 5.77. The molecule has 2 aliphatic heterocycles. The van der Waals surface area contributed by atoms with Crippen molar-refractivity contribution in [2.75, 3.05) is 39.9 Å². The quantitative estimate of drug-likeness (QED) is 0.110. The fourth-order valence-corrected chi connectivity index (χ4v) is 5.65. The molecule has 0 spiro atoms. The molecule has 1 saturated heterocycles. The van der Waals surface area contributed by atoms with Gasteiger partial charge < -0.3 is 67.8 Å². The van der Waals surface area contributed by atoms with Gasteiger partial charge in [-0.1, -0.05) is 0 Å². The van der Waals surface area contributed by atoms with Crippen molar-refractivity contribution >= 4 is 5.91 Å². The van der Waals surface area contributed by atoms with Gasteiger partial charge >= 0.3 is 0 Å². The number of rotatable bonds is 11. The zero-order chi connectivity index (χ0) is 28.0. The second-order valence-electron chi connectivity index (χ2n) is 10.7. The van der Waals surface area contributed by atoms with Crippen LogP contribution in [-0.2, 0) is 19.0 Å². The van der Waals surface area contributed by atoms with E-state index in [0.29, 0.717) is 25.3 Å². The molecular weight excluding hydrogens is 500 g/mol. The largest absolute Gasteiger partial charge is 0.492 e. The van der Waals surface area contributed by atoms with Crippen molar-refractivity contribution in [2.45, 2.75) is 86.7 Å². The van der Waals surface area contributed by atoms with E-state index in [1.807, 2.05) is 6.08 Å². The standard InChI is InChI=1S/C24H46N6O8/c1-24(35)11-36-23(19(34)22(24)28-2)38-21-15(30-16(32)10-31)8-14(27)17(18(21)33)20-13(26)5-4-12(37-20)9-29-7-3-6-25/h4,13-15,17-23,28-29,31,33-35H,3,5-11,25-27H2,1-2H3,(H,30,32)/t13-,14+,15-,17?,18+,19-,20+,21+,22-,23-,24+/m1/s1. The Balaban J connectivity index is 1.80. The Labute approximate surface area is 223 Å². The van der Waals surface area contributed by atoms with E-state index in [0.717, 1.165) is 13.0 Å². The maximum absolute atomic E-state index is 12.1. The van der Waals surface area contributed by atoms with Gasteiger partial charge in [0.1, 0.15) is 36.3 Å². The number of hydrogen-bond acceptors (Lipinski definition) is 13. The second-order valence-corrected chi connectivity index (χ2v) is 10.7. The molecule has 1 aliphatic carbocycles. The summed E-state index contributed by atoms with van der Waals surface area (Å²) in [6, 6.07) is -2.65. The minimum absolute atomic E-state index is 0.137. The summed E-state index contributed by atoms with van der Waals surface area (Å²) in [4.78, 5) is 12.1. The lowest BCUT2D eigenvalue weighted by molar-refractivity contribution is -0.297. The van der Waals surface area contributed by atoms with Crippen molar-refractivity contribution in [3.05, 3.63) is 11.8 Å². The minimum atomic E-state index is -1.36. The van der Waals surface area contributed by atoms with Crippen LogP contribution in [0.4, 0.5) is 0 Å². The molecule has 0 radical (unpaired) electrons. The number of nitrogens with two attached hydrogens (primary N) is 3. The molecule has 3 aliphatic rings. The number of hydrogen-bond donors (Lipinski definition) is 10. The molecule has 2 fully saturated rings. The van der Waals surface area contributed by atoms with Crippen LogP contribution >= 0.6 is 0 Å². The predicted octanol–water partition coefficient (Wildman–Crippen LogP) is -4.45. The van der Waals surface area contributed by atoms with E-state index < -0.39 is 78.9 Å². The Morgan fingerprint density at radius 1 is 1.26 bits per heavy atom. The third-order valence-electron chi connectivity index (χ3n) is 7.63. The highest BCUT2D eigenvalue weighted by Crippen LogP contribution is 2.36. The van der Waals surface area contributed by atoms with Gasteiger partial charge in [-0.05, 0) is 52.4 Å². The summed E-state index contributed by atoms with van der Waals surface area (Å²) in [7, 11) is 1.59. The molecule has 220 valence electrons. The predicted molar refractivity (Wildman–Crippen MR) is 137 cm³/mol. The molecule has 11 atom stereocenters. The van der Waals surface area contributed by atoms with Gasteiger partial charge in [0.05, 0.1) is 31.3 Å². The third kappa shape index (κ3) is 7.20. The molecule has 0 aromatic rings. The molecule has 3 rings (SSSR count). The highest BCUT2D eigenvalue weighted by atomic mass is 16.7. The van der Waals surface area contributed by atoms with Crippen molar-refractivity contribution in [1.82, 2.24) is 16.0 Å². The normalized spacial score (nSPS) is 41.8. The first-order valence-electron chi connectivity index (χ1n) is 13.2. The smallest absolute Gasteiger partial charge is 0.246 e. The fraction of sp³-hybridized carbons (Fsp3) is 0.875. The first-order valence-corrected chi connectivity index (χ1v) is 13.2. The molecule has 38 heavy (non-hydrogen) atoms. The van der Waals surface area contributed by atoms with Crippen LogP contribution in [0, 0.1) is 5.92 Å². The first-order chi connectivity index (χ1) is 18.0.